The van der Waals surface area contributed by atoms with E-state index in [0.29, 0.717) is 6.54 Å². The average molecular weight is 398 g/mol. The van der Waals surface area contributed by atoms with Gasteiger partial charge < -0.3 is 15.0 Å². The molecule has 0 saturated carbocycles. The minimum atomic E-state index is -0.183. The summed E-state index contributed by atoms with van der Waals surface area (Å²) in [6, 6.07) is 5.67. The maximum absolute atomic E-state index is 12.3. The molecule has 0 bridgehead atoms. The number of anilines is 1. The van der Waals surface area contributed by atoms with Gasteiger partial charge in [0.2, 0.25) is 11.8 Å². The summed E-state index contributed by atoms with van der Waals surface area (Å²) >= 11 is 3.40. The van der Waals surface area contributed by atoms with Crippen LogP contribution in [-0.4, -0.2) is 67.6 Å². The molecule has 7 heteroatoms. The van der Waals surface area contributed by atoms with Crippen molar-refractivity contribution in [2.75, 3.05) is 51.3 Å². The van der Waals surface area contributed by atoms with Gasteiger partial charge in [0, 0.05) is 43.3 Å². The van der Waals surface area contributed by atoms with Gasteiger partial charge in [0.25, 0.3) is 0 Å². The molecule has 1 heterocycles. The van der Waals surface area contributed by atoms with Crippen LogP contribution in [0.1, 0.15) is 12.5 Å². The summed E-state index contributed by atoms with van der Waals surface area (Å²) < 4.78 is 6.28. The van der Waals surface area contributed by atoms with Gasteiger partial charge in [-0.2, -0.15) is 0 Å². The number of nitrogens with one attached hydrogen (secondary N) is 1. The number of hydrogen-bond acceptors (Lipinski definition) is 4. The van der Waals surface area contributed by atoms with Crippen molar-refractivity contribution in [1.82, 2.24) is 9.80 Å². The predicted molar refractivity (Wildman–Crippen MR) is 97.0 cm³/mol. The third-order valence-corrected chi connectivity index (χ3v) is 4.53. The highest BCUT2D eigenvalue weighted by Crippen LogP contribution is 2.19. The average Bonchev–Trinajstić information content (AvgIpc) is 2.55. The standard InChI is InChI=1S/C17H24BrN3O3/c1-13-11-15(18)3-4-16(13)19-17(23)12-21(14(2)22)6-5-20-7-9-24-10-8-20/h3-4,11H,5-10,12H2,1-2H3,(H,19,23). The zero-order chi connectivity index (χ0) is 17.5. The van der Waals surface area contributed by atoms with Crippen molar-refractivity contribution in [2.24, 2.45) is 0 Å². The Morgan fingerprint density at radius 2 is 2.04 bits per heavy atom. The third-order valence-electron chi connectivity index (χ3n) is 4.03. The van der Waals surface area contributed by atoms with Crippen LogP contribution < -0.4 is 5.32 Å². The normalized spacial score (nSPS) is 15.1. The number of morpholine rings is 1. The van der Waals surface area contributed by atoms with Crippen molar-refractivity contribution in [2.45, 2.75) is 13.8 Å². The summed E-state index contributed by atoms with van der Waals surface area (Å²) in [5.41, 5.74) is 1.74. The minimum Gasteiger partial charge on any atom is -0.379 e. The van der Waals surface area contributed by atoms with Gasteiger partial charge >= 0.3 is 0 Å². The molecule has 2 amide bonds. The molecule has 1 fully saturated rings. The number of halogens is 1. The summed E-state index contributed by atoms with van der Waals surface area (Å²) in [5.74, 6) is -0.275. The van der Waals surface area contributed by atoms with Gasteiger partial charge in [-0.1, -0.05) is 15.9 Å². The molecule has 0 spiro atoms. The van der Waals surface area contributed by atoms with Crippen LogP contribution in [0.4, 0.5) is 5.69 Å². The zero-order valence-electron chi connectivity index (χ0n) is 14.2. The van der Waals surface area contributed by atoms with Crippen molar-refractivity contribution in [3.05, 3.63) is 28.2 Å². The molecule has 132 valence electrons. The highest BCUT2D eigenvalue weighted by Gasteiger charge is 2.17. The van der Waals surface area contributed by atoms with Gasteiger partial charge in [-0.3, -0.25) is 14.5 Å². The van der Waals surface area contributed by atoms with Crippen molar-refractivity contribution < 1.29 is 14.3 Å². The molecule has 0 atom stereocenters. The monoisotopic (exact) mass is 397 g/mol. The molecule has 1 saturated heterocycles. The van der Waals surface area contributed by atoms with Gasteiger partial charge in [0.15, 0.2) is 0 Å². The van der Waals surface area contributed by atoms with E-state index in [4.69, 9.17) is 4.74 Å². The van der Waals surface area contributed by atoms with Crippen LogP contribution >= 0.6 is 15.9 Å². The van der Waals surface area contributed by atoms with E-state index >= 15 is 0 Å². The number of rotatable bonds is 6. The number of benzene rings is 1. The summed E-state index contributed by atoms with van der Waals surface area (Å²) in [6.45, 7) is 7.99. The van der Waals surface area contributed by atoms with E-state index in [0.717, 1.165) is 48.6 Å². The van der Waals surface area contributed by atoms with Crippen LogP contribution in [0.2, 0.25) is 0 Å². The Hall–Kier alpha value is -1.44. The maximum atomic E-state index is 12.3. The SMILES string of the molecule is CC(=O)N(CCN1CCOCC1)CC(=O)Nc1ccc(Br)cc1C. The number of carbonyl (C=O) groups excluding carboxylic acids is 2. The molecular formula is C17H24BrN3O3. The number of carbonyl (C=O) groups is 2. The van der Waals surface area contributed by atoms with E-state index in [2.05, 4.69) is 26.1 Å². The van der Waals surface area contributed by atoms with Gasteiger partial charge in [-0.05, 0) is 30.7 Å². The quantitative estimate of drug-likeness (QED) is 0.795. The third kappa shape index (κ3) is 5.89. The van der Waals surface area contributed by atoms with E-state index in [1.54, 1.807) is 4.90 Å². The summed E-state index contributed by atoms with van der Waals surface area (Å²) in [4.78, 5) is 27.9. The van der Waals surface area contributed by atoms with E-state index < -0.39 is 0 Å². The van der Waals surface area contributed by atoms with Gasteiger partial charge in [-0.25, -0.2) is 0 Å². The largest absolute Gasteiger partial charge is 0.379 e. The lowest BCUT2D eigenvalue weighted by molar-refractivity contribution is -0.133. The summed E-state index contributed by atoms with van der Waals surface area (Å²) in [5, 5.41) is 2.87. The maximum Gasteiger partial charge on any atom is 0.244 e. The molecule has 1 N–H and O–H groups in total. The van der Waals surface area contributed by atoms with Crippen LogP contribution in [0.25, 0.3) is 0 Å². The van der Waals surface area contributed by atoms with Crippen LogP contribution in [-0.2, 0) is 14.3 Å². The molecule has 0 aromatic heterocycles. The van der Waals surface area contributed by atoms with Gasteiger partial charge in [0.1, 0.15) is 0 Å². The second-order valence-corrected chi connectivity index (χ2v) is 6.82. The van der Waals surface area contributed by atoms with Crippen molar-refractivity contribution in [3.63, 3.8) is 0 Å². The van der Waals surface area contributed by atoms with Crippen molar-refractivity contribution in [3.8, 4) is 0 Å². The lowest BCUT2D eigenvalue weighted by atomic mass is 10.2. The Labute approximate surface area is 151 Å². The topological polar surface area (TPSA) is 61.9 Å². The molecule has 1 aliphatic rings. The van der Waals surface area contributed by atoms with Gasteiger partial charge in [0.05, 0.1) is 19.8 Å². The zero-order valence-corrected chi connectivity index (χ0v) is 15.8. The van der Waals surface area contributed by atoms with Crippen molar-refractivity contribution in [1.29, 1.82) is 0 Å². The fourth-order valence-electron chi connectivity index (χ4n) is 2.57. The molecule has 1 aromatic rings. The summed E-state index contributed by atoms with van der Waals surface area (Å²) in [6.07, 6.45) is 0. The number of ether oxygens (including phenoxy) is 1. The predicted octanol–water partition coefficient (Wildman–Crippen LogP) is 1.88. The van der Waals surface area contributed by atoms with Crippen LogP contribution in [0.3, 0.4) is 0 Å². The number of aryl methyl sites for hydroxylation is 1. The van der Waals surface area contributed by atoms with Crippen LogP contribution in [0.5, 0.6) is 0 Å². The summed E-state index contributed by atoms with van der Waals surface area (Å²) in [7, 11) is 0. The lowest BCUT2D eigenvalue weighted by Crippen LogP contribution is -2.44. The van der Waals surface area contributed by atoms with Crippen molar-refractivity contribution >= 4 is 33.4 Å². The molecule has 2 rings (SSSR count). The van der Waals surface area contributed by atoms with E-state index in [9.17, 15) is 9.59 Å². The highest BCUT2D eigenvalue weighted by molar-refractivity contribution is 9.10. The second-order valence-electron chi connectivity index (χ2n) is 5.90. The van der Waals surface area contributed by atoms with E-state index in [1.165, 1.54) is 6.92 Å². The Balaban J connectivity index is 1.86. The smallest absolute Gasteiger partial charge is 0.244 e. The first kappa shape index (κ1) is 18.9. The molecule has 1 aliphatic heterocycles. The van der Waals surface area contributed by atoms with Crippen LogP contribution in [0, 0.1) is 6.92 Å². The molecule has 0 aliphatic carbocycles. The number of hydrogen-bond donors (Lipinski definition) is 1. The molecule has 0 radical (unpaired) electrons. The fourth-order valence-corrected chi connectivity index (χ4v) is 3.04. The van der Waals surface area contributed by atoms with Crippen LogP contribution in [0.15, 0.2) is 22.7 Å². The fraction of sp³-hybridized carbons (Fsp3) is 0.529. The first-order chi connectivity index (χ1) is 11.5. The van der Waals surface area contributed by atoms with E-state index in [1.807, 2.05) is 25.1 Å². The lowest BCUT2D eigenvalue weighted by Gasteiger charge is -2.29. The minimum absolute atomic E-state index is 0.0647. The highest BCUT2D eigenvalue weighted by atomic mass is 79.9. The molecule has 1 aromatic carbocycles. The Bertz CT molecular complexity index is 588. The van der Waals surface area contributed by atoms with Gasteiger partial charge in [-0.15, -0.1) is 0 Å². The Morgan fingerprint density at radius 3 is 2.67 bits per heavy atom. The molecular weight excluding hydrogens is 374 g/mol. The second kappa shape index (κ2) is 9.15. The number of nitrogens with zero attached hydrogens (tertiary/aromatic N) is 2. The number of amides is 2. The molecule has 24 heavy (non-hydrogen) atoms. The Morgan fingerprint density at radius 1 is 1.33 bits per heavy atom. The molecule has 6 nitrogen and oxygen atoms in total. The Kier molecular flexibility index (Phi) is 7.20. The van der Waals surface area contributed by atoms with E-state index in [-0.39, 0.29) is 18.4 Å². The first-order valence-electron chi connectivity index (χ1n) is 8.07. The first-order valence-corrected chi connectivity index (χ1v) is 8.86. The molecule has 0 unspecified atom stereocenters.